The monoisotopic (exact) mass is 457 g/mol. The number of benzene rings is 1. The minimum atomic E-state index is -1.98. The lowest BCUT2D eigenvalue weighted by molar-refractivity contribution is 0.230. The molecule has 0 atom stereocenters. The molecule has 0 heterocycles. The first-order valence-corrected chi connectivity index (χ1v) is 16.1. The van der Waals surface area contributed by atoms with Crippen molar-refractivity contribution in [2.24, 2.45) is 4.99 Å². The van der Waals surface area contributed by atoms with Crippen LogP contribution < -0.4 is 5.19 Å². The third-order valence-corrected chi connectivity index (χ3v) is 10.1. The quantitative estimate of drug-likeness (QED) is 0.182. The minimum absolute atomic E-state index is 0.225. The molecule has 0 aromatic heterocycles. The van der Waals surface area contributed by atoms with Crippen molar-refractivity contribution in [1.29, 1.82) is 0 Å². The molecule has 0 unspecified atom stereocenters. The van der Waals surface area contributed by atoms with Gasteiger partial charge < -0.3 is 14.6 Å². The second-order valence-corrected chi connectivity index (χ2v) is 15.3. The lowest BCUT2D eigenvalue weighted by atomic mass is 9.68. The van der Waals surface area contributed by atoms with Crippen LogP contribution in [0.4, 0.5) is 0 Å². The molecule has 0 saturated carbocycles. The lowest BCUT2D eigenvalue weighted by Gasteiger charge is -2.48. The van der Waals surface area contributed by atoms with Crippen molar-refractivity contribution in [1.82, 2.24) is 9.62 Å². The minimum Gasteiger partial charge on any atom is -0.319 e. The zero-order chi connectivity index (χ0) is 24.5. The van der Waals surface area contributed by atoms with Crippen LogP contribution in [0.1, 0.15) is 88.0 Å². The Morgan fingerprint density at radius 2 is 1.25 bits per heavy atom. The standard InChI is InChI=1S/C27H52BN3Si/c1-12-13-14-18-21-29-27(32(10,11)26-19-16-15-17-20-26)28(30(22(2)3)23(4)5)31(24(6)7)25(8)9/h15-17,19-20,22-25H,12-14,18,21H2,1-11H3. The molecule has 1 rings (SSSR count). The molecule has 182 valence electrons. The topological polar surface area (TPSA) is 18.8 Å². The van der Waals surface area contributed by atoms with Crippen molar-refractivity contribution in [3.05, 3.63) is 30.3 Å². The van der Waals surface area contributed by atoms with Crippen molar-refractivity contribution >= 4 is 25.5 Å². The molecule has 5 heteroatoms. The van der Waals surface area contributed by atoms with E-state index in [-0.39, 0.29) is 6.98 Å². The summed E-state index contributed by atoms with van der Waals surface area (Å²) >= 11 is 0. The molecule has 32 heavy (non-hydrogen) atoms. The molecule has 0 fully saturated rings. The smallest absolute Gasteiger partial charge is 0.319 e. The maximum atomic E-state index is 5.51. The number of nitrogens with zero attached hydrogens (tertiary/aromatic N) is 3. The number of hydrogen-bond acceptors (Lipinski definition) is 3. The predicted molar refractivity (Wildman–Crippen MR) is 150 cm³/mol. The van der Waals surface area contributed by atoms with Gasteiger partial charge in [-0.15, -0.1) is 0 Å². The third-order valence-electron chi connectivity index (χ3n) is 6.62. The summed E-state index contributed by atoms with van der Waals surface area (Å²) in [7, 11) is -1.98. The number of aliphatic imine (C=N–C) groups is 1. The first kappa shape index (κ1) is 29.1. The van der Waals surface area contributed by atoms with Gasteiger partial charge >= 0.3 is 6.98 Å². The molecular formula is C27H52BN3Si. The summed E-state index contributed by atoms with van der Waals surface area (Å²) in [5.74, 6) is 0. The molecular weight excluding hydrogens is 405 g/mol. The van der Waals surface area contributed by atoms with E-state index in [4.69, 9.17) is 4.99 Å². The largest absolute Gasteiger partial charge is 0.357 e. The molecule has 0 amide bonds. The molecule has 1 aromatic rings. The fourth-order valence-corrected chi connectivity index (χ4v) is 7.87. The number of hydrogen-bond donors (Lipinski definition) is 0. The third kappa shape index (κ3) is 7.85. The summed E-state index contributed by atoms with van der Waals surface area (Å²) in [6.45, 7) is 27.3. The van der Waals surface area contributed by atoms with Gasteiger partial charge in [0.2, 0.25) is 0 Å². The zero-order valence-electron chi connectivity index (χ0n) is 23.2. The van der Waals surface area contributed by atoms with Gasteiger partial charge in [0, 0.05) is 11.8 Å². The highest BCUT2D eigenvalue weighted by atomic mass is 28.3. The van der Waals surface area contributed by atoms with Crippen LogP contribution in [0.15, 0.2) is 35.3 Å². The van der Waals surface area contributed by atoms with E-state index >= 15 is 0 Å². The Bertz CT molecular complexity index is 635. The number of rotatable bonds is 14. The van der Waals surface area contributed by atoms with E-state index < -0.39 is 8.07 Å². The molecule has 0 aliphatic heterocycles. The van der Waals surface area contributed by atoms with Gasteiger partial charge in [-0.25, -0.2) is 0 Å². The van der Waals surface area contributed by atoms with Crippen LogP contribution in [-0.2, 0) is 0 Å². The summed E-state index contributed by atoms with van der Waals surface area (Å²) < 4.78 is 0. The zero-order valence-corrected chi connectivity index (χ0v) is 24.2. The second kappa shape index (κ2) is 13.7. The summed E-state index contributed by atoms with van der Waals surface area (Å²) in [4.78, 5) is 10.9. The molecule has 0 spiro atoms. The van der Waals surface area contributed by atoms with E-state index in [2.05, 4.69) is 115 Å². The Labute approximate surface area is 202 Å². The second-order valence-electron chi connectivity index (χ2n) is 11.0. The lowest BCUT2D eigenvalue weighted by Crippen LogP contribution is -2.71. The van der Waals surface area contributed by atoms with Gasteiger partial charge in [-0.05, 0) is 30.6 Å². The average molecular weight is 458 g/mol. The molecule has 1 aromatic carbocycles. The van der Waals surface area contributed by atoms with Gasteiger partial charge in [0.15, 0.2) is 0 Å². The Morgan fingerprint density at radius 1 is 0.781 bits per heavy atom. The Balaban J connectivity index is 3.69. The van der Waals surface area contributed by atoms with Crippen molar-refractivity contribution in [2.45, 2.75) is 125 Å². The summed E-state index contributed by atoms with van der Waals surface area (Å²) in [5, 5.41) is 2.93. The summed E-state index contributed by atoms with van der Waals surface area (Å²) in [6.07, 6.45) is 5.05. The molecule has 0 aliphatic rings. The van der Waals surface area contributed by atoms with E-state index in [1.54, 1.807) is 0 Å². The van der Waals surface area contributed by atoms with Gasteiger partial charge in [-0.1, -0.05) is 130 Å². The Kier molecular flexibility index (Phi) is 12.5. The number of unbranched alkanes of at least 4 members (excludes halogenated alkanes) is 3. The van der Waals surface area contributed by atoms with Crippen molar-refractivity contribution < 1.29 is 0 Å². The fourth-order valence-electron chi connectivity index (χ4n) is 5.10. The van der Waals surface area contributed by atoms with Crippen LogP contribution in [0.5, 0.6) is 0 Å². The molecule has 0 saturated heterocycles. The SMILES string of the molecule is CCCCCCN=C(B(N(C(C)C)C(C)C)N(C(C)C)C(C)C)[Si](C)(C)c1ccccc1. The van der Waals surface area contributed by atoms with Crippen LogP contribution in [0, 0.1) is 0 Å². The van der Waals surface area contributed by atoms with Gasteiger partial charge in [0.05, 0.1) is 0 Å². The highest BCUT2D eigenvalue weighted by molar-refractivity contribution is 7.30. The normalized spacial score (nSPS) is 13.5. The van der Waals surface area contributed by atoms with E-state index in [0.29, 0.717) is 24.2 Å². The summed E-state index contributed by atoms with van der Waals surface area (Å²) in [6, 6.07) is 13.0. The molecule has 0 N–H and O–H groups in total. The van der Waals surface area contributed by atoms with E-state index in [0.717, 1.165) is 6.54 Å². The van der Waals surface area contributed by atoms with Crippen LogP contribution in [0.3, 0.4) is 0 Å². The van der Waals surface area contributed by atoms with Crippen molar-refractivity contribution in [2.75, 3.05) is 6.54 Å². The van der Waals surface area contributed by atoms with E-state index in [9.17, 15) is 0 Å². The van der Waals surface area contributed by atoms with E-state index in [1.807, 2.05) is 0 Å². The van der Waals surface area contributed by atoms with Crippen LogP contribution >= 0.6 is 0 Å². The molecule has 0 bridgehead atoms. The van der Waals surface area contributed by atoms with Crippen LogP contribution in [0.2, 0.25) is 13.1 Å². The van der Waals surface area contributed by atoms with Crippen molar-refractivity contribution in [3.63, 3.8) is 0 Å². The predicted octanol–water partition coefficient (Wildman–Crippen LogP) is 6.43. The van der Waals surface area contributed by atoms with Crippen LogP contribution in [-0.4, -0.2) is 60.6 Å². The first-order valence-electron chi connectivity index (χ1n) is 13.1. The highest BCUT2D eigenvalue weighted by Gasteiger charge is 2.47. The molecule has 0 aliphatic carbocycles. The van der Waals surface area contributed by atoms with Gasteiger partial charge in [0.25, 0.3) is 0 Å². The first-order chi connectivity index (χ1) is 15.0. The molecule has 0 radical (unpaired) electrons. The van der Waals surface area contributed by atoms with Crippen LogP contribution in [0.25, 0.3) is 0 Å². The maximum absolute atomic E-state index is 5.51. The van der Waals surface area contributed by atoms with Gasteiger partial charge in [-0.2, -0.15) is 0 Å². The molecule has 3 nitrogen and oxygen atoms in total. The Hall–Kier alpha value is -0.908. The van der Waals surface area contributed by atoms with E-state index in [1.165, 1.54) is 36.1 Å². The fraction of sp³-hybridized carbons (Fsp3) is 0.741. The maximum Gasteiger partial charge on any atom is 0.357 e. The highest BCUT2D eigenvalue weighted by Crippen LogP contribution is 2.23. The average Bonchev–Trinajstić information content (AvgIpc) is 2.69. The van der Waals surface area contributed by atoms with Gasteiger partial charge in [-0.3, -0.25) is 0 Å². The van der Waals surface area contributed by atoms with Gasteiger partial charge in [0.1, 0.15) is 8.07 Å². The Morgan fingerprint density at radius 3 is 1.66 bits per heavy atom. The van der Waals surface area contributed by atoms with Crippen molar-refractivity contribution in [3.8, 4) is 0 Å². The summed E-state index contributed by atoms with van der Waals surface area (Å²) in [5.41, 5.74) is 0.